The van der Waals surface area contributed by atoms with Crippen molar-refractivity contribution >= 4 is 23.4 Å². The number of carbonyl (C=O) groups is 1. The minimum atomic E-state index is -0.791. The fourth-order valence-corrected chi connectivity index (χ4v) is 5.07. The Balaban J connectivity index is 1.59. The lowest BCUT2D eigenvalue weighted by Gasteiger charge is -2.38. The van der Waals surface area contributed by atoms with Crippen LogP contribution in [0, 0.1) is 0 Å². The van der Waals surface area contributed by atoms with Crippen LogP contribution in [0.1, 0.15) is 64.5 Å². The van der Waals surface area contributed by atoms with E-state index >= 15 is 0 Å². The minimum absolute atomic E-state index is 0.171. The predicted molar refractivity (Wildman–Crippen MR) is 133 cm³/mol. The zero-order valence-corrected chi connectivity index (χ0v) is 19.9. The van der Waals surface area contributed by atoms with Crippen LogP contribution >= 0.6 is 0 Å². The van der Waals surface area contributed by atoms with Crippen LogP contribution in [0.4, 0.5) is 11.4 Å². The summed E-state index contributed by atoms with van der Waals surface area (Å²) >= 11 is 0. The Labute approximate surface area is 192 Å². The lowest BCUT2D eigenvalue weighted by Crippen LogP contribution is -2.51. The van der Waals surface area contributed by atoms with Gasteiger partial charge in [0, 0.05) is 24.5 Å². The van der Waals surface area contributed by atoms with Crippen LogP contribution in [0.5, 0.6) is 0 Å². The summed E-state index contributed by atoms with van der Waals surface area (Å²) in [6, 6.07) is 17.1. The van der Waals surface area contributed by atoms with Gasteiger partial charge in [-0.15, -0.1) is 0 Å². The third kappa shape index (κ3) is 3.80. The molecule has 0 saturated carbocycles. The van der Waals surface area contributed by atoms with E-state index in [9.17, 15) is 4.79 Å². The van der Waals surface area contributed by atoms with E-state index in [4.69, 9.17) is 4.74 Å². The molecular formula is C28H36N2O2. The van der Waals surface area contributed by atoms with Crippen LogP contribution in [0.25, 0.3) is 6.08 Å². The highest BCUT2D eigenvalue weighted by atomic mass is 16.6. The van der Waals surface area contributed by atoms with Crippen molar-refractivity contribution in [3.8, 4) is 0 Å². The second-order valence-electron chi connectivity index (χ2n) is 9.52. The molecule has 2 heterocycles. The summed E-state index contributed by atoms with van der Waals surface area (Å²) in [5.41, 5.74) is 3.57. The summed E-state index contributed by atoms with van der Waals surface area (Å²) in [6.07, 6.45) is 9.03. The molecular weight excluding hydrogens is 396 g/mol. The average molecular weight is 433 g/mol. The largest absolute Gasteiger partial charge is 0.433 e. The van der Waals surface area contributed by atoms with Crippen LogP contribution < -0.4 is 9.80 Å². The number of para-hydroxylation sites is 1. The van der Waals surface area contributed by atoms with E-state index in [2.05, 4.69) is 92.1 Å². The molecule has 4 rings (SSSR count). The molecule has 0 aromatic heterocycles. The van der Waals surface area contributed by atoms with Crippen LogP contribution in [-0.4, -0.2) is 31.3 Å². The summed E-state index contributed by atoms with van der Waals surface area (Å²) in [5.74, 6) is -0.171. The molecule has 2 aromatic carbocycles. The number of hydrogen-bond donors (Lipinski definition) is 0. The van der Waals surface area contributed by atoms with Crippen molar-refractivity contribution in [3.63, 3.8) is 0 Å². The van der Waals surface area contributed by atoms with Gasteiger partial charge in [0.15, 0.2) is 0 Å². The molecule has 1 atom stereocenters. The summed E-state index contributed by atoms with van der Waals surface area (Å²) in [7, 11) is 0. The van der Waals surface area contributed by atoms with Gasteiger partial charge in [-0.05, 0) is 62.1 Å². The van der Waals surface area contributed by atoms with Crippen molar-refractivity contribution in [2.24, 2.45) is 0 Å². The van der Waals surface area contributed by atoms with Crippen molar-refractivity contribution in [1.82, 2.24) is 0 Å². The van der Waals surface area contributed by atoms with Gasteiger partial charge < -0.3 is 14.5 Å². The van der Waals surface area contributed by atoms with Crippen molar-refractivity contribution in [1.29, 1.82) is 0 Å². The normalized spacial score (nSPS) is 21.0. The first kappa shape index (κ1) is 22.4. The van der Waals surface area contributed by atoms with E-state index in [1.165, 1.54) is 36.9 Å². The lowest BCUT2D eigenvalue weighted by molar-refractivity contribution is -0.147. The van der Waals surface area contributed by atoms with Gasteiger partial charge in [0.2, 0.25) is 5.72 Å². The maximum Gasteiger partial charge on any atom is 0.328 e. The highest BCUT2D eigenvalue weighted by Gasteiger charge is 2.62. The molecule has 0 spiro atoms. The van der Waals surface area contributed by atoms with Crippen LogP contribution in [0.2, 0.25) is 0 Å². The van der Waals surface area contributed by atoms with Gasteiger partial charge >= 0.3 is 5.97 Å². The maximum absolute atomic E-state index is 12.4. The Kier molecular flexibility index (Phi) is 6.32. The SMILES string of the molecule is CCCCN(CCCC)c1ccc(/C=C/C23OC(=O)CN2c2ccccc2C3(C)C)cc1. The number of anilines is 2. The highest BCUT2D eigenvalue weighted by molar-refractivity contribution is 5.86. The Bertz CT molecular complexity index is 971. The Hall–Kier alpha value is -2.75. The van der Waals surface area contributed by atoms with E-state index < -0.39 is 5.72 Å². The first-order chi connectivity index (χ1) is 15.4. The number of unbranched alkanes of at least 4 members (excludes halogenated alkanes) is 2. The average Bonchev–Trinajstić information content (AvgIpc) is 3.23. The molecule has 170 valence electrons. The topological polar surface area (TPSA) is 32.8 Å². The molecule has 4 nitrogen and oxygen atoms in total. The summed E-state index contributed by atoms with van der Waals surface area (Å²) in [4.78, 5) is 17.0. The number of nitrogens with zero attached hydrogens (tertiary/aromatic N) is 2. The molecule has 2 aromatic rings. The Morgan fingerprint density at radius 3 is 2.31 bits per heavy atom. The molecule has 1 saturated heterocycles. The Morgan fingerprint density at radius 1 is 1.00 bits per heavy atom. The summed E-state index contributed by atoms with van der Waals surface area (Å²) in [6.45, 7) is 11.3. The third-order valence-electron chi connectivity index (χ3n) is 7.04. The molecule has 32 heavy (non-hydrogen) atoms. The van der Waals surface area contributed by atoms with Crippen molar-refractivity contribution in [2.45, 2.75) is 64.5 Å². The van der Waals surface area contributed by atoms with Crippen molar-refractivity contribution < 1.29 is 9.53 Å². The highest BCUT2D eigenvalue weighted by Crippen LogP contribution is 2.55. The van der Waals surface area contributed by atoms with E-state index in [0.717, 1.165) is 24.3 Å². The van der Waals surface area contributed by atoms with Crippen LogP contribution in [0.3, 0.4) is 0 Å². The second-order valence-corrected chi connectivity index (χ2v) is 9.52. The Morgan fingerprint density at radius 2 is 1.66 bits per heavy atom. The van der Waals surface area contributed by atoms with E-state index in [1.807, 2.05) is 6.07 Å². The molecule has 2 aliphatic heterocycles. The summed E-state index contributed by atoms with van der Waals surface area (Å²) < 4.78 is 6.03. The van der Waals surface area contributed by atoms with Gasteiger partial charge in [-0.3, -0.25) is 4.79 Å². The van der Waals surface area contributed by atoms with Gasteiger partial charge in [0.25, 0.3) is 0 Å². The standard InChI is InChI=1S/C28H36N2O2/c1-5-7-19-29(20-8-6-2)23-15-13-22(14-16-23)17-18-28-27(3,4)24-11-9-10-12-25(24)30(28)21-26(31)32-28/h9-18H,5-8,19-21H2,1-4H3/b18-17+. The molecule has 0 aliphatic carbocycles. The van der Waals surface area contributed by atoms with Crippen molar-refractivity contribution in [2.75, 3.05) is 29.4 Å². The van der Waals surface area contributed by atoms with Gasteiger partial charge in [-0.25, -0.2) is 0 Å². The third-order valence-corrected chi connectivity index (χ3v) is 7.04. The summed E-state index contributed by atoms with van der Waals surface area (Å²) in [5, 5.41) is 0. The smallest absolute Gasteiger partial charge is 0.328 e. The van der Waals surface area contributed by atoms with Gasteiger partial charge in [0.05, 0.1) is 5.41 Å². The number of rotatable bonds is 9. The second kappa shape index (κ2) is 9.01. The van der Waals surface area contributed by atoms with E-state index in [1.54, 1.807) is 0 Å². The van der Waals surface area contributed by atoms with Crippen LogP contribution in [-0.2, 0) is 14.9 Å². The maximum atomic E-state index is 12.4. The molecule has 1 unspecified atom stereocenters. The van der Waals surface area contributed by atoms with Gasteiger partial charge in [0.1, 0.15) is 6.54 Å². The molecule has 1 fully saturated rings. The minimum Gasteiger partial charge on any atom is -0.433 e. The number of ether oxygens (including phenoxy) is 1. The van der Waals surface area contributed by atoms with E-state index in [-0.39, 0.29) is 17.9 Å². The predicted octanol–water partition coefficient (Wildman–Crippen LogP) is 6.16. The van der Waals surface area contributed by atoms with Gasteiger partial charge in [-0.2, -0.15) is 0 Å². The number of fused-ring (bicyclic) bond motifs is 3. The van der Waals surface area contributed by atoms with Gasteiger partial charge in [-0.1, -0.05) is 63.1 Å². The number of hydrogen-bond acceptors (Lipinski definition) is 4. The fourth-order valence-electron chi connectivity index (χ4n) is 5.07. The monoisotopic (exact) mass is 432 g/mol. The molecule has 0 bridgehead atoms. The number of carbonyl (C=O) groups excluding carboxylic acids is 1. The fraction of sp³-hybridized carbons (Fsp3) is 0.464. The molecule has 0 radical (unpaired) electrons. The van der Waals surface area contributed by atoms with Crippen molar-refractivity contribution in [3.05, 3.63) is 65.7 Å². The number of esters is 1. The zero-order chi connectivity index (χ0) is 22.8. The molecule has 0 amide bonds. The first-order valence-corrected chi connectivity index (χ1v) is 12.1. The van der Waals surface area contributed by atoms with E-state index in [0.29, 0.717) is 0 Å². The zero-order valence-electron chi connectivity index (χ0n) is 19.9. The quantitative estimate of drug-likeness (QED) is 0.445. The van der Waals surface area contributed by atoms with Crippen LogP contribution in [0.15, 0.2) is 54.6 Å². The molecule has 2 aliphatic rings. The first-order valence-electron chi connectivity index (χ1n) is 12.1. The number of benzene rings is 2. The lowest BCUT2D eigenvalue weighted by atomic mass is 9.77. The molecule has 4 heteroatoms. The molecule has 0 N–H and O–H groups in total.